The number of amides is 2. The lowest BCUT2D eigenvalue weighted by molar-refractivity contribution is -0.122. The van der Waals surface area contributed by atoms with Crippen molar-refractivity contribution in [3.63, 3.8) is 0 Å². The van der Waals surface area contributed by atoms with Crippen LogP contribution in [-0.2, 0) is 16.1 Å². The number of benzene rings is 1. The number of rotatable bonds is 7. The molecule has 132 valence electrons. The third kappa shape index (κ3) is 4.64. The second-order valence-corrected chi connectivity index (χ2v) is 5.64. The van der Waals surface area contributed by atoms with E-state index in [-0.39, 0.29) is 31.1 Å². The molecule has 1 aliphatic rings. The first-order chi connectivity index (χ1) is 11.5. The molecule has 0 unspecified atom stereocenters. The summed E-state index contributed by atoms with van der Waals surface area (Å²) >= 11 is 0. The van der Waals surface area contributed by atoms with Crippen LogP contribution in [0.25, 0.3) is 0 Å². The van der Waals surface area contributed by atoms with E-state index < -0.39 is 11.6 Å². The van der Waals surface area contributed by atoms with E-state index in [4.69, 9.17) is 0 Å². The van der Waals surface area contributed by atoms with Crippen LogP contribution in [0.3, 0.4) is 0 Å². The van der Waals surface area contributed by atoms with Crippen LogP contribution in [0.15, 0.2) is 12.1 Å². The summed E-state index contributed by atoms with van der Waals surface area (Å²) in [6.45, 7) is 2.68. The summed E-state index contributed by atoms with van der Waals surface area (Å²) in [6, 6.07) is 2.49. The first-order valence-electron chi connectivity index (χ1n) is 7.88. The van der Waals surface area contributed by atoms with Gasteiger partial charge in [-0.1, -0.05) is 0 Å². The molecule has 6 nitrogen and oxygen atoms in total. The van der Waals surface area contributed by atoms with Crippen LogP contribution >= 0.6 is 0 Å². The third-order valence-corrected chi connectivity index (χ3v) is 3.95. The molecule has 1 aliphatic heterocycles. The van der Waals surface area contributed by atoms with Gasteiger partial charge < -0.3 is 20.4 Å². The Bertz CT molecular complexity index is 568. The van der Waals surface area contributed by atoms with Crippen molar-refractivity contribution < 1.29 is 18.4 Å². The predicted octanol–water partition coefficient (Wildman–Crippen LogP) is 0.469. The van der Waals surface area contributed by atoms with Gasteiger partial charge in [0.1, 0.15) is 17.3 Å². The van der Waals surface area contributed by atoms with E-state index in [9.17, 15) is 18.4 Å². The van der Waals surface area contributed by atoms with E-state index in [0.29, 0.717) is 38.2 Å². The van der Waals surface area contributed by atoms with Crippen LogP contribution in [0, 0.1) is 11.6 Å². The highest BCUT2D eigenvalue weighted by molar-refractivity contribution is 5.75. The van der Waals surface area contributed by atoms with Crippen molar-refractivity contribution >= 4 is 18.0 Å². The lowest BCUT2D eigenvalue weighted by Gasteiger charge is -2.30. The number of nitrogens with zero attached hydrogens (tertiary/aromatic N) is 2. The summed E-state index contributed by atoms with van der Waals surface area (Å²) in [5.74, 6) is -1.47. The number of halogens is 2. The Kier molecular flexibility index (Phi) is 6.48. The fourth-order valence-corrected chi connectivity index (χ4v) is 2.67. The Hall–Kier alpha value is -2.22. The Labute approximate surface area is 139 Å². The highest BCUT2D eigenvalue weighted by Crippen LogP contribution is 2.25. The Morgan fingerprint density at radius 2 is 1.96 bits per heavy atom. The van der Waals surface area contributed by atoms with Gasteiger partial charge in [0.2, 0.25) is 12.3 Å². The molecular weight excluding hydrogens is 318 g/mol. The zero-order valence-electron chi connectivity index (χ0n) is 13.6. The first kappa shape index (κ1) is 18.1. The molecule has 1 heterocycles. The zero-order valence-corrected chi connectivity index (χ0v) is 13.6. The molecule has 24 heavy (non-hydrogen) atoms. The summed E-state index contributed by atoms with van der Waals surface area (Å²) in [5, 5.41) is 5.59. The number of carbonyl (C=O) groups is 2. The summed E-state index contributed by atoms with van der Waals surface area (Å²) in [6.07, 6.45) is 0.710. The van der Waals surface area contributed by atoms with Gasteiger partial charge in [0.25, 0.3) is 0 Å². The van der Waals surface area contributed by atoms with Crippen molar-refractivity contribution in [2.45, 2.75) is 13.0 Å². The Balaban J connectivity index is 2.08. The number of piperazine rings is 1. The van der Waals surface area contributed by atoms with Crippen LogP contribution in [0.1, 0.15) is 12.0 Å². The number of hydrogen-bond donors (Lipinski definition) is 2. The summed E-state index contributed by atoms with van der Waals surface area (Å²) in [4.78, 5) is 25.3. The lowest BCUT2D eigenvalue weighted by Crippen LogP contribution is -2.44. The van der Waals surface area contributed by atoms with Crippen molar-refractivity contribution in [3.8, 4) is 0 Å². The van der Waals surface area contributed by atoms with E-state index in [1.165, 1.54) is 24.1 Å². The molecule has 8 heteroatoms. The maximum Gasteiger partial charge on any atom is 0.221 e. The molecule has 2 N–H and O–H groups in total. The van der Waals surface area contributed by atoms with Crippen molar-refractivity contribution in [3.05, 3.63) is 29.3 Å². The van der Waals surface area contributed by atoms with Gasteiger partial charge >= 0.3 is 0 Å². The second-order valence-electron chi connectivity index (χ2n) is 5.64. The van der Waals surface area contributed by atoms with E-state index in [0.717, 1.165) is 0 Å². The van der Waals surface area contributed by atoms with Crippen LogP contribution in [-0.4, -0.2) is 57.0 Å². The number of nitrogens with one attached hydrogen (secondary N) is 2. The summed E-state index contributed by atoms with van der Waals surface area (Å²) in [5.41, 5.74) is 0.330. The molecule has 0 aromatic heterocycles. The van der Waals surface area contributed by atoms with Crippen LogP contribution < -0.4 is 15.5 Å². The van der Waals surface area contributed by atoms with E-state index in [2.05, 4.69) is 10.6 Å². The molecule has 0 atom stereocenters. The van der Waals surface area contributed by atoms with Gasteiger partial charge in [-0.3, -0.25) is 9.59 Å². The first-order valence-corrected chi connectivity index (χ1v) is 7.88. The predicted molar refractivity (Wildman–Crippen MR) is 86.6 cm³/mol. The minimum atomic E-state index is -0.635. The minimum absolute atomic E-state index is 0.0248. The number of anilines is 1. The van der Waals surface area contributed by atoms with Crippen LogP contribution in [0.4, 0.5) is 14.5 Å². The molecule has 0 spiro atoms. The number of carbonyl (C=O) groups excluding carboxylic acids is 2. The average molecular weight is 340 g/mol. The summed E-state index contributed by atoms with van der Waals surface area (Å²) in [7, 11) is 1.51. The molecule has 1 aromatic rings. The fourth-order valence-electron chi connectivity index (χ4n) is 2.67. The topological polar surface area (TPSA) is 64.7 Å². The molecular formula is C16H22F2N4O2. The monoisotopic (exact) mass is 340 g/mol. The van der Waals surface area contributed by atoms with Crippen molar-refractivity contribution in [1.82, 2.24) is 15.5 Å². The van der Waals surface area contributed by atoms with Crippen molar-refractivity contribution in [2.24, 2.45) is 0 Å². The van der Waals surface area contributed by atoms with Crippen LogP contribution in [0.5, 0.6) is 0 Å². The van der Waals surface area contributed by atoms with Crippen molar-refractivity contribution in [2.75, 3.05) is 44.7 Å². The molecule has 2 rings (SSSR count). The largest absolute Gasteiger partial charge is 0.364 e. The molecule has 0 bridgehead atoms. The molecule has 0 aliphatic carbocycles. The van der Waals surface area contributed by atoms with Gasteiger partial charge in [0.05, 0.1) is 0 Å². The van der Waals surface area contributed by atoms with Gasteiger partial charge in [0, 0.05) is 52.7 Å². The highest BCUT2D eigenvalue weighted by Gasteiger charge is 2.20. The molecule has 1 saturated heterocycles. The molecule has 0 saturated carbocycles. The highest BCUT2D eigenvalue weighted by atomic mass is 19.1. The Morgan fingerprint density at radius 1 is 1.33 bits per heavy atom. The third-order valence-electron chi connectivity index (χ3n) is 3.95. The maximum atomic E-state index is 14.3. The fraction of sp³-hybridized carbons (Fsp3) is 0.500. The second kappa shape index (κ2) is 8.58. The normalized spacial score (nSPS) is 14.4. The van der Waals surface area contributed by atoms with Gasteiger partial charge in [-0.25, -0.2) is 8.78 Å². The van der Waals surface area contributed by atoms with E-state index >= 15 is 0 Å². The standard InChI is InChI=1S/C16H22F2N4O2/c1-19-15(24)2-5-21(11-23)10-12-8-13(17)16(14(18)9-12)22-6-3-20-4-7-22/h8-9,11,20H,2-7,10H2,1H3,(H,19,24). The van der Waals surface area contributed by atoms with E-state index in [1.807, 2.05) is 0 Å². The van der Waals surface area contributed by atoms with Crippen LogP contribution in [0.2, 0.25) is 0 Å². The average Bonchev–Trinajstić information content (AvgIpc) is 2.58. The lowest BCUT2D eigenvalue weighted by atomic mass is 10.1. The van der Waals surface area contributed by atoms with Gasteiger partial charge in [0.15, 0.2) is 0 Å². The molecule has 0 radical (unpaired) electrons. The minimum Gasteiger partial charge on any atom is -0.364 e. The molecule has 2 amide bonds. The van der Waals surface area contributed by atoms with Gasteiger partial charge in [-0.05, 0) is 17.7 Å². The summed E-state index contributed by atoms with van der Waals surface area (Å²) < 4.78 is 28.7. The number of hydrogen-bond acceptors (Lipinski definition) is 4. The maximum absolute atomic E-state index is 14.3. The SMILES string of the molecule is CNC(=O)CCN(C=O)Cc1cc(F)c(N2CCNCC2)c(F)c1. The van der Waals surface area contributed by atoms with E-state index in [1.54, 1.807) is 4.90 Å². The van der Waals surface area contributed by atoms with Gasteiger partial charge in [-0.2, -0.15) is 0 Å². The quantitative estimate of drug-likeness (QED) is 0.708. The van der Waals surface area contributed by atoms with Gasteiger partial charge in [-0.15, -0.1) is 0 Å². The molecule has 1 fully saturated rings. The van der Waals surface area contributed by atoms with Crippen molar-refractivity contribution in [1.29, 1.82) is 0 Å². The molecule has 1 aromatic carbocycles. The Morgan fingerprint density at radius 3 is 2.50 bits per heavy atom. The smallest absolute Gasteiger partial charge is 0.221 e. The zero-order chi connectivity index (χ0) is 17.5.